The molecule has 1 aliphatic heterocycles. The highest BCUT2D eigenvalue weighted by molar-refractivity contribution is 6.30. The van der Waals surface area contributed by atoms with Crippen LogP contribution in [0.3, 0.4) is 0 Å². The van der Waals surface area contributed by atoms with Gasteiger partial charge in [0.25, 0.3) is 0 Å². The van der Waals surface area contributed by atoms with Crippen molar-refractivity contribution in [1.82, 2.24) is 0 Å². The van der Waals surface area contributed by atoms with E-state index in [9.17, 15) is 9.59 Å². The fourth-order valence-corrected chi connectivity index (χ4v) is 1.89. The molecule has 1 saturated heterocycles. The summed E-state index contributed by atoms with van der Waals surface area (Å²) in [6.07, 6.45) is 0.260. The summed E-state index contributed by atoms with van der Waals surface area (Å²) in [7, 11) is 0. The van der Waals surface area contributed by atoms with Crippen molar-refractivity contribution in [2.75, 3.05) is 6.61 Å². The topological polar surface area (TPSA) is 52.6 Å². The fraction of sp³-hybridized carbons (Fsp3) is 0.385. The first-order valence-corrected chi connectivity index (χ1v) is 6.07. The van der Waals surface area contributed by atoms with Crippen molar-refractivity contribution in [2.45, 2.75) is 19.4 Å². The Morgan fingerprint density at radius 3 is 2.67 bits per heavy atom. The third-order valence-corrected chi connectivity index (χ3v) is 3.03. The van der Waals surface area contributed by atoms with Gasteiger partial charge in [0.1, 0.15) is 12.7 Å². The molecule has 0 aliphatic carbocycles. The molecule has 1 aliphatic rings. The van der Waals surface area contributed by atoms with Gasteiger partial charge in [0.05, 0.1) is 11.5 Å². The van der Waals surface area contributed by atoms with Crippen LogP contribution in [-0.2, 0) is 14.3 Å². The first-order chi connectivity index (χ1) is 8.56. The Balaban J connectivity index is 1.85. The Morgan fingerprint density at radius 2 is 2.11 bits per heavy atom. The minimum Gasteiger partial charge on any atom is -0.458 e. The second-order valence-electron chi connectivity index (χ2n) is 4.30. The van der Waals surface area contributed by atoms with Crippen LogP contribution >= 0.6 is 11.6 Å². The van der Waals surface area contributed by atoms with Crippen LogP contribution in [0.1, 0.15) is 23.7 Å². The molecule has 1 aromatic carbocycles. The van der Waals surface area contributed by atoms with E-state index < -0.39 is 5.97 Å². The van der Waals surface area contributed by atoms with E-state index in [-0.39, 0.29) is 24.6 Å². The molecule has 0 amide bonds. The van der Waals surface area contributed by atoms with E-state index in [0.29, 0.717) is 17.0 Å². The molecule has 0 N–H and O–H groups in total. The van der Waals surface area contributed by atoms with Crippen molar-refractivity contribution in [1.29, 1.82) is 0 Å². The van der Waals surface area contributed by atoms with Gasteiger partial charge < -0.3 is 9.47 Å². The summed E-state index contributed by atoms with van der Waals surface area (Å²) < 4.78 is 10.1. The lowest BCUT2D eigenvalue weighted by Crippen LogP contribution is -2.18. The van der Waals surface area contributed by atoms with Crippen molar-refractivity contribution in [3.05, 3.63) is 34.9 Å². The maximum absolute atomic E-state index is 11.7. The fourth-order valence-electron chi connectivity index (χ4n) is 1.76. The van der Waals surface area contributed by atoms with Crippen LogP contribution in [0.5, 0.6) is 0 Å². The molecule has 0 aromatic heterocycles. The monoisotopic (exact) mass is 268 g/mol. The van der Waals surface area contributed by atoms with Gasteiger partial charge in [-0.05, 0) is 24.3 Å². The summed E-state index contributed by atoms with van der Waals surface area (Å²) in [5, 5.41) is 0.560. The minimum absolute atomic E-state index is 0.0948. The number of hydrogen-bond acceptors (Lipinski definition) is 4. The number of halogens is 1. The first-order valence-electron chi connectivity index (χ1n) is 5.69. The highest BCUT2D eigenvalue weighted by Gasteiger charge is 2.31. The molecular weight excluding hydrogens is 256 g/mol. The highest BCUT2D eigenvalue weighted by Crippen LogP contribution is 2.21. The van der Waals surface area contributed by atoms with Crippen molar-refractivity contribution in [2.24, 2.45) is 5.92 Å². The molecule has 1 heterocycles. The molecule has 0 radical (unpaired) electrons. The zero-order valence-corrected chi connectivity index (χ0v) is 10.6. The summed E-state index contributed by atoms with van der Waals surface area (Å²) in [5.41, 5.74) is 0.428. The predicted octanol–water partition coefficient (Wildman–Crippen LogP) is 2.45. The molecule has 0 unspecified atom stereocenters. The number of benzene rings is 1. The van der Waals surface area contributed by atoms with Crippen LogP contribution < -0.4 is 0 Å². The normalized spacial score (nSPS) is 22.7. The van der Waals surface area contributed by atoms with Gasteiger partial charge in [-0.2, -0.15) is 0 Å². The van der Waals surface area contributed by atoms with Gasteiger partial charge in [0, 0.05) is 11.4 Å². The van der Waals surface area contributed by atoms with E-state index in [0.717, 1.165) is 0 Å². The summed E-state index contributed by atoms with van der Waals surface area (Å²) in [5.74, 6) is -0.797. The standard InChI is InChI=1S/C13H13ClO4/c1-8-6-11(18-12(8)15)7-17-13(16)9-2-4-10(14)5-3-9/h2-5,8,11H,6-7H2,1H3/t8-,11-/m0/s1. The minimum atomic E-state index is -0.442. The molecule has 2 atom stereocenters. The van der Waals surface area contributed by atoms with Gasteiger partial charge in [-0.1, -0.05) is 18.5 Å². The molecule has 1 fully saturated rings. The van der Waals surface area contributed by atoms with Gasteiger partial charge >= 0.3 is 11.9 Å². The van der Waals surface area contributed by atoms with Crippen molar-refractivity contribution in [3.8, 4) is 0 Å². The van der Waals surface area contributed by atoms with E-state index in [4.69, 9.17) is 21.1 Å². The molecule has 0 saturated carbocycles. The predicted molar refractivity (Wildman–Crippen MR) is 65.4 cm³/mol. The van der Waals surface area contributed by atoms with Crippen LogP contribution in [0.4, 0.5) is 0 Å². The molecule has 5 heteroatoms. The van der Waals surface area contributed by atoms with E-state index in [1.807, 2.05) is 0 Å². The second-order valence-corrected chi connectivity index (χ2v) is 4.74. The van der Waals surface area contributed by atoms with Crippen molar-refractivity contribution in [3.63, 3.8) is 0 Å². The molecule has 18 heavy (non-hydrogen) atoms. The largest absolute Gasteiger partial charge is 0.458 e. The third-order valence-electron chi connectivity index (χ3n) is 2.78. The highest BCUT2D eigenvalue weighted by atomic mass is 35.5. The van der Waals surface area contributed by atoms with Crippen LogP contribution in [0.2, 0.25) is 5.02 Å². The number of rotatable bonds is 3. The smallest absolute Gasteiger partial charge is 0.338 e. The summed E-state index contributed by atoms with van der Waals surface area (Å²) in [6.45, 7) is 1.89. The number of ether oxygens (including phenoxy) is 2. The Hall–Kier alpha value is -1.55. The van der Waals surface area contributed by atoms with Gasteiger partial charge in [-0.3, -0.25) is 4.79 Å². The summed E-state index contributed by atoms with van der Waals surface area (Å²) in [4.78, 5) is 22.8. The second kappa shape index (κ2) is 5.40. The van der Waals surface area contributed by atoms with E-state index >= 15 is 0 Å². The third kappa shape index (κ3) is 3.01. The number of carbonyl (C=O) groups excluding carboxylic acids is 2. The zero-order chi connectivity index (χ0) is 13.1. The van der Waals surface area contributed by atoms with Crippen LogP contribution in [-0.4, -0.2) is 24.6 Å². The SMILES string of the molecule is C[C@H]1C[C@@H](COC(=O)c2ccc(Cl)cc2)OC1=O. The Labute approximate surface area is 110 Å². The van der Waals surface area contributed by atoms with E-state index in [1.54, 1.807) is 31.2 Å². The maximum Gasteiger partial charge on any atom is 0.338 e. The Bertz CT molecular complexity index is 455. The number of cyclic esters (lactones) is 1. The molecule has 1 aromatic rings. The molecule has 0 spiro atoms. The number of carbonyl (C=O) groups is 2. The molecule has 4 nitrogen and oxygen atoms in total. The lowest BCUT2D eigenvalue weighted by atomic mass is 10.1. The van der Waals surface area contributed by atoms with Crippen LogP contribution in [0.15, 0.2) is 24.3 Å². The Kier molecular flexibility index (Phi) is 3.87. The molecular formula is C13H13ClO4. The van der Waals surface area contributed by atoms with Gasteiger partial charge in [-0.15, -0.1) is 0 Å². The number of hydrogen-bond donors (Lipinski definition) is 0. The summed E-state index contributed by atoms with van der Waals surface area (Å²) in [6, 6.07) is 6.42. The molecule has 96 valence electrons. The maximum atomic E-state index is 11.7. The molecule has 0 bridgehead atoms. The quantitative estimate of drug-likeness (QED) is 0.790. The van der Waals surface area contributed by atoms with Gasteiger partial charge in [0.15, 0.2) is 0 Å². The van der Waals surface area contributed by atoms with E-state index in [1.165, 1.54) is 0 Å². The van der Waals surface area contributed by atoms with Crippen LogP contribution in [0, 0.1) is 5.92 Å². The number of esters is 2. The zero-order valence-electron chi connectivity index (χ0n) is 9.89. The van der Waals surface area contributed by atoms with E-state index in [2.05, 4.69) is 0 Å². The van der Waals surface area contributed by atoms with Gasteiger partial charge in [-0.25, -0.2) is 4.79 Å². The average Bonchev–Trinajstić information content (AvgIpc) is 2.67. The summed E-state index contributed by atoms with van der Waals surface area (Å²) >= 11 is 5.72. The van der Waals surface area contributed by atoms with Crippen LogP contribution in [0.25, 0.3) is 0 Å². The van der Waals surface area contributed by atoms with Crippen molar-refractivity contribution < 1.29 is 19.1 Å². The Morgan fingerprint density at radius 1 is 1.44 bits per heavy atom. The van der Waals surface area contributed by atoms with Gasteiger partial charge in [0.2, 0.25) is 0 Å². The first kappa shape index (κ1) is 12.9. The average molecular weight is 269 g/mol. The van der Waals surface area contributed by atoms with Crippen molar-refractivity contribution >= 4 is 23.5 Å². The lowest BCUT2D eigenvalue weighted by Gasteiger charge is -2.09. The molecule has 2 rings (SSSR count). The lowest BCUT2D eigenvalue weighted by molar-refractivity contribution is -0.145.